The van der Waals surface area contributed by atoms with Crippen molar-refractivity contribution in [1.82, 2.24) is 10.2 Å². The molecule has 0 bridgehead atoms. The topological polar surface area (TPSA) is 70.7 Å². The van der Waals surface area contributed by atoms with E-state index in [9.17, 15) is 9.59 Å². The van der Waals surface area contributed by atoms with E-state index in [0.717, 1.165) is 35.7 Å². The fourth-order valence-corrected chi connectivity index (χ4v) is 4.51. The highest BCUT2D eigenvalue weighted by Gasteiger charge is 2.24. The monoisotopic (exact) mass is 485 g/mol. The molecule has 7 heteroatoms. The van der Waals surface area contributed by atoms with Crippen LogP contribution in [0.25, 0.3) is 0 Å². The van der Waals surface area contributed by atoms with Crippen LogP contribution >= 0.6 is 15.9 Å². The molecule has 2 aromatic rings. The standard InChI is InChI=1S/C24H28BrN3O3/c25-18-11-9-17(10-12-18)22-15-28(13-14-31-22)16-23(29)27-21-8-4-3-7-20(21)24(30)26-19-5-1-2-6-19/h3-4,7-12,19,22H,1-2,5-6,13-16H2,(H,26,30)(H,27,29). The molecule has 2 N–H and O–H groups in total. The minimum absolute atomic E-state index is 0.0564. The van der Waals surface area contributed by atoms with Gasteiger partial charge in [-0.05, 0) is 42.7 Å². The fourth-order valence-electron chi connectivity index (χ4n) is 4.24. The molecular formula is C24H28BrN3O3. The zero-order chi connectivity index (χ0) is 21.6. The van der Waals surface area contributed by atoms with Gasteiger partial charge in [-0.25, -0.2) is 0 Å². The number of hydrogen-bond donors (Lipinski definition) is 2. The molecule has 4 rings (SSSR count). The molecule has 164 valence electrons. The van der Waals surface area contributed by atoms with E-state index >= 15 is 0 Å². The van der Waals surface area contributed by atoms with Crippen molar-refractivity contribution in [1.29, 1.82) is 0 Å². The number of halogens is 1. The van der Waals surface area contributed by atoms with Gasteiger partial charge in [-0.3, -0.25) is 14.5 Å². The number of benzene rings is 2. The van der Waals surface area contributed by atoms with E-state index in [1.807, 2.05) is 36.4 Å². The number of carbonyl (C=O) groups excluding carboxylic acids is 2. The molecule has 1 aliphatic heterocycles. The maximum atomic E-state index is 12.8. The SMILES string of the molecule is O=C(CN1CCOC(c2ccc(Br)cc2)C1)Nc1ccccc1C(=O)NC1CCCC1. The molecule has 2 aromatic carbocycles. The maximum Gasteiger partial charge on any atom is 0.253 e. The summed E-state index contributed by atoms with van der Waals surface area (Å²) in [6.07, 6.45) is 4.31. The molecule has 1 saturated heterocycles. The number of morpholine rings is 1. The minimum atomic E-state index is -0.127. The normalized spacial score (nSPS) is 19.8. The van der Waals surface area contributed by atoms with E-state index in [2.05, 4.69) is 31.5 Å². The first-order valence-corrected chi connectivity index (χ1v) is 11.7. The third-order valence-corrected chi connectivity index (χ3v) is 6.42. The minimum Gasteiger partial charge on any atom is -0.371 e. The third kappa shape index (κ3) is 5.93. The Morgan fingerprint density at radius 3 is 2.58 bits per heavy atom. The molecule has 6 nitrogen and oxygen atoms in total. The number of para-hydroxylation sites is 1. The van der Waals surface area contributed by atoms with Gasteiger partial charge in [0.05, 0.1) is 30.5 Å². The summed E-state index contributed by atoms with van der Waals surface area (Å²) in [7, 11) is 0. The number of rotatable bonds is 6. The molecule has 2 aliphatic rings. The van der Waals surface area contributed by atoms with Crippen LogP contribution in [0.4, 0.5) is 5.69 Å². The highest BCUT2D eigenvalue weighted by Crippen LogP contribution is 2.24. The largest absolute Gasteiger partial charge is 0.371 e. The Morgan fingerprint density at radius 1 is 1.06 bits per heavy atom. The van der Waals surface area contributed by atoms with Gasteiger partial charge in [0, 0.05) is 23.6 Å². The van der Waals surface area contributed by atoms with Gasteiger partial charge in [-0.2, -0.15) is 0 Å². The molecular weight excluding hydrogens is 458 g/mol. The summed E-state index contributed by atoms with van der Waals surface area (Å²) in [6.45, 7) is 2.19. The molecule has 2 fully saturated rings. The van der Waals surface area contributed by atoms with Crippen LogP contribution in [0.2, 0.25) is 0 Å². The zero-order valence-electron chi connectivity index (χ0n) is 17.5. The predicted octanol–water partition coefficient (Wildman–Crippen LogP) is 4.13. The van der Waals surface area contributed by atoms with Crippen LogP contribution in [0.5, 0.6) is 0 Å². The van der Waals surface area contributed by atoms with Gasteiger partial charge in [0.15, 0.2) is 0 Å². The van der Waals surface area contributed by atoms with Gasteiger partial charge in [0.2, 0.25) is 5.91 Å². The Kier molecular flexibility index (Phi) is 7.37. The summed E-state index contributed by atoms with van der Waals surface area (Å²) < 4.78 is 6.93. The molecule has 0 spiro atoms. The summed E-state index contributed by atoms with van der Waals surface area (Å²) in [5.74, 6) is -0.248. The number of nitrogens with one attached hydrogen (secondary N) is 2. The summed E-state index contributed by atoms with van der Waals surface area (Å²) in [5, 5.41) is 6.03. The Balaban J connectivity index is 1.35. The predicted molar refractivity (Wildman–Crippen MR) is 124 cm³/mol. The van der Waals surface area contributed by atoms with E-state index in [4.69, 9.17) is 4.74 Å². The van der Waals surface area contributed by atoms with Crippen LogP contribution in [0.3, 0.4) is 0 Å². The lowest BCUT2D eigenvalue weighted by atomic mass is 10.1. The van der Waals surface area contributed by atoms with Gasteiger partial charge in [-0.15, -0.1) is 0 Å². The van der Waals surface area contributed by atoms with Gasteiger partial charge in [-0.1, -0.05) is 53.0 Å². The van der Waals surface area contributed by atoms with Crippen molar-refractivity contribution < 1.29 is 14.3 Å². The van der Waals surface area contributed by atoms with Gasteiger partial charge in [0.25, 0.3) is 5.91 Å². The Labute approximate surface area is 191 Å². The van der Waals surface area contributed by atoms with E-state index < -0.39 is 0 Å². The molecule has 1 atom stereocenters. The van der Waals surface area contributed by atoms with Crippen molar-refractivity contribution in [3.63, 3.8) is 0 Å². The lowest BCUT2D eigenvalue weighted by Gasteiger charge is -2.32. The van der Waals surface area contributed by atoms with Gasteiger partial charge in [0.1, 0.15) is 0 Å². The average Bonchev–Trinajstić information content (AvgIpc) is 3.28. The second-order valence-electron chi connectivity index (χ2n) is 8.19. The lowest BCUT2D eigenvalue weighted by Crippen LogP contribution is -2.42. The molecule has 2 amide bonds. The van der Waals surface area contributed by atoms with Crippen molar-refractivity contribution >= 4 is 33.4 Å². The fraction of sp³-hybridized carbons (Fsp3) is 0.417. The van der Waals surface area contributed by atoms with Crippen LogP contribution in [0.1, 0.15) is 47.7 Å². The zero-order valence-corrected chi connectivity index (χ0v) is 19.1. The maximum absolute atomic E-state index is 12.8. The van der Waals surface area contributed by atoms with E-state index in [1.165, 1.54) is 0 Å². The Morgan fingerprint density at radius 2 is 1.81 bits per heavy atom. The third-order valence-electron chi connectivity index (χ3n) is 5.90. The van der Waals surface area contributed by atoms with E-state index in [0.29, 0.717) is 30.9 Å². The van der Waals surface area contributed by atoms with Crippen molar-refractivity contribution in [3.8, 4) is 0 Å². The van der Waals surface area contributed by atoms with Crippen LogP contribution in [0, 0.1) is 0 Å². The molecule has 0 aromatic heterocycles. The van der Waals surface area contributed by atoms with Crippen molar-refractivity contribution in [2.45, 2.75) is 37.8 Å². The lowest BCUT2D eigenvalue weighted by molar-refractivity contribution is -0.119. The average molecular weight is 486 g/mol. The van der Waals surface area contributed by atoms with Gasteiger partial charge < -0.3 is 15.4 Å². The Hall–Kier alpha value is -2.22. The molecule has 1 aliphatic carbocycles. The summed E-state index contributed by atoms with van der Waals surface area (Å²) in [5.41, 5.74) is 2.17. The molecule has 0 radical (unpaired) electrons. The van der Waals surface area contributed by atoms with Gasteiger partial charge >= 0.3 is 0 Å². The molecule has 1 unspecified atom stereocenters. The first-order chi connectivity index (χ1) is 15.1. The molecule has 31 heavy (non-hydrogen) atoms. The summed E-state index contributed by atoms with van der Waals surface area (Å²) in [4.78, 5) is 27.6. The number of anilines is 1. The van der Waals surface area contributed by atoms with Crippen molar-refractivity contribution in [3.05, 3.63) is 64.1 Å². The number of amides is 2. The molecule has 1 heterocycles. The first-order valence-electron chi connectivity index (χ1n) is 10.9. The van der Waals surface area contributed by atoms with Crippen molar-refractivity contribution in [2.24, 2.45) is 0 Å². The quantitative estimate of drug-likeness (QED) is 0.644. The number of carbonyl (C=O) groups is 2. The summed E-state index contributed by atoms with van der Waals surface area (Å²) in [6, 6.07) is 15.5. The van der Waals surface area contributed by atoms with Crippen LogP contribution < -0.4 is 10.6 Å². The van der Waals surface area contributed by atoms with Crippen LogP contribution in [-0.2, 0) is 9.53 Å². The van der Waals surface area contributed by atoms with E-state index in [-0.39, 0.29) is 30.5 Å². The highest BCUT2D eigenvalue weighted by atomic mass is 79.9. The second kappa shape index (κ2) is 10.4. The Bertz CT molecular complexity index is 913. The number of nitrogens with zero attached hydrogens (tertiary/aromatic N) is 1. The van der Waals surface area contributed by atoms with E-state index in [1.54, 1.807) is 12.1 Å². The van der Waals surface area contributed by atoms with Crippen molar-refractivity contribution in [2.75, 3.05) is 31.6 Å². The first kappa shape index (κ1) is 22.0. The smallest absolute Gasteiger partial charge is 0.253 e. The molecule has 1 saturated carbocycles. The number of hydrogen-bond acceptors (Lipinski definition) is 4. The van der Waals surface area contributed by atoms with Crippen LogP contribution in [-0.4, -0.2) is 49.0 Å². The second-order valence-corrected chi connectivity index (χ2v) is 9.11. The van der Waals surface area contributed by atoms with Crippen LogP contribution in [0.15, 0.2) is 53.0 Å². The summed E-state index contributed by atoms with van der Waals surface area (Å²) >= 11 is 3.45. The highest BCUT2D eigenvalue weighted by molar-refractivity contribution is 9.10. The number of ether oxygens (including phenoxy) is 1.